The molecule has 0 spiro atoms. The predicted molar refractivity (Wildman–Crippen MR) is 96.7 cm³/mol. The maximum Gasteiger partial charge on any atom is 0.414 e. The van der Waals surface area contributed by atoms with Crippen molar-refractivity contribution < 1.29 is 29.7 Å². The molecule has 0 aromatic carbocycles. The van der Waals surface area contributed by atoms with Crippen LogP contribution in [0.5, 0.6) is 0 Å². The van der Waals surface area contributed by atoms with Crippen LogP contribution in [0.1, 0.15) is 31.5 Å². The van der Waals surface area contributed by atoms with Crippen LogP contribution >= 0.6 is 11.3 Å². The van der Waals surface area contributed by atoms with Crippen LogP contribution in [0.15, 0.2) is 6.07 Å². The van der Waals surface area contributed by atoms with Gasteiger partial charge in [-0.3, -0.25) is 0 Å². The van der Waals surface area contributed by atoms with Gasteiger partial charge in [-0.2, -0.15) is 0 Å². The molecular formula is C16H21N3O6S. The first kappa shape index (κ1) is 21.3. The Kier molecular flexibility index (Phi) is 7.44. The maximum absolute atomic E-state index is 11.3. The Morgan fingerprint density at radius 2 is 1.73 bits per heavy atom. The Morgan fingerprint density at radius 1 is 1.15 bits per heavy atom. The molecule has 142 valence electrons. The van der Waals surface area contributed by atoms with Crippen LogP contribution < -0.4 is 5.32 Å². The normalized spacial score (nSPS) is 11.6. The number of anilines is 1. The van der Waals surface area contributed by atoms with E-state index in [0.717, 1.165) is 16.6 Å². The van der Waals surface area contributed by atoms with Gasteiger partial charge in [-0.25, -0.2) is 24.4 Å². The van der Waals surface area contributed by atoms with Crippen molar-refractivity contribution in [3.63, 3.8) is 0 Å². The number of nitrogens with one attached hydrogen (secondary N) is 1. The van der Waals surface area contributed by atoms with Gasteiger partial charge in [0.05, 0.1) is 5.39 Å². The molecular weight excluding hydrogens is 362 g/mol. The summed E-state index contributed by atoms with van der Waals surface area (Å²) in [6, 6.07) is 1.39. The van der Waals surface area contributed by atoms with Crippen LogP contribution in [0, 0.1) is 12.8 Å². The van der Waals surface area contributed by atoms with Crippen molar-refractivity contribution in [1.29, 1.82) is 0 Å². The number of carboxylic acids is 3. The van der Waals surface area contributed by atoms with Crippen LogP contribution in [-0.2, 0) is 20.8 Å². The summed E-state index contributed by atoms with van der Waals surface area (Å²) >= 11 is 1.63. The lowest BCUT2D eigenvalue weighted by molar-refractivity contribution is -0.159. The summed E-state index contributed by atoms with van der Waals surface area (Å²) in [5.74, 6) is -3.27. The van der Waals surface area contributed by atoms with Crippen LogP contribution in [0.3, 0.4) is 0 Å². The molecule has 9 nitrogen and oxygen atoms in total. The van der Waals surface area contributed by atoms with Crippen LogP contribution in [-0.4, -0.2) is 49.2 Å². The second-order valence-electron chi connectivity index (χ2n) is 5.72. The van der Waals surface area contributed by atoms with Crippen LogP contribution in [0.25, 0.3) is 10.2 Å². The van der Waals surface area contributed by atoms with Gasteiger partial charge in [-0.15, -0.1) is 11.3 Å². The first-order valence-corrected chi connectivity index (χ1v) is 8.61. The summed E-state index contributed by atoms with van der Waals surface area (Å²) in [7, 11) is 0. The zero-order valence-corrected chi connectivity index (χ0v) is 15.6. The molecule has 0 bridgehead atoms. The summed E-state index contributed by atoms with van der Waals surface area (Å²) in [6.07, 6.45) is 0.937. The van der Waals surface area contributed by atoms with Gasteiger partial charge in [0.15, 0.2) is 0 Å². The first-order valence-electron chi connectivity index (χ1n) is 7.79. The monoisotopic (exact) mass is 383 g/mol. The summed E-state index contributed by atoms with van der Waals surface area (Å²) in [5, 5.41) is 28.0. The third-order valence-corrected chi connectivity index (χ3v) is 4.49. The van der Waals surface area contributed by atoms with E-state index in [2.05, 4.69) is 22.2 Å². The average molecular weight is 383 g/mol. The van der Waals surface area contributed by atoms with Crippen molar-refractivity contribution in [2.75, 3.05) is 5.32 Å². The molecule has 0 aliphatic carbocycles. The third-order valence-electron chi connectivity index (χ3n) is 3.31. The molecule has 2 heterocycles. The number of thiophene rings is 1. The molecule has 10 heteroatoms. The Morgan fingerprint density at radius 3 is 2.15 bits per heavy atom. The van der Waals surface area contributed by atoms with Crippen molar-refractivity contribution in [3.05, 3.63) is 16.8 Å². The fourth-order valence-electron chi connectivity index (χ4n) is 2.02. The molecule has 1 unspecified atom stereocenters. The molecule has 0 aliphatic rings. The van der Waals surface area contributed by atoms with E-state index in [1.807, 2.05) is 26.8 Å². The Labute approximate surface area is 153 Å². The van der Waals surface area contributed by atoms with Crippen molar-refractivity contribution in [2.45, 2.75) is 40.2 Å². The summed E-state index contributed by atoms with van der Waals surface area (Å²) in [5.41, 5.74) is 0. The van der Waals surface area contributed by atoms with Gasteiger partial charge >= 0.3 is 17.9 Å². The summed E-state index contributed by atoms with van der Waals surface area (Å²) in [4.78, 5) is 40.4. The van der Waals surface area contributed by atoms with Gasteiger partial charge in [0.25, 0.3) is 0 Å². The van der Waals surface area contributed by atoms with Gasteiger partial charge in [0.1, 0.15) is 22.5 Å². The minimum absolute atomic E-state index is 0.0258. The number of hydrogen-bond donors (Lipinski definition) is 4. The van der Waals surface area contributed by atoms with E-state index in [0.29, 0.717) is 11.6 Å². The second-order valence-corrected chi connectivity index (χ2v) is 6.83. The highest BCUT2D eigenvalue weighted by molar-refractivity contribution is 7.18. The summed E-state index contributed by atoms with van der Waals surface area (Å²) < 4.78 is 0. The number of aliphatic carboxylic acids is 3. The molecule has 4 N–H and O–H groups in total. The molecule has 2 rings (SSSR count). The van der Waals surface area contributed by atoms with Gasteiger partial charge < -0.3 is 20.6 Å². The highest BCUT2D eigenvalue weighted by atomic mass is 32.1. The molecule has 0 fully saturated rings. The third kappa shape index (κ3) is 5.66. The van der Waals surface area contributed by atoms with E-state index in [9.17, 15) is 9.90 Å². The molecule has 1 atom stereocenters. The molecule has 26 heavy (non-hydrogen) atoms. The smallest absolute Gasteiger partial charge is 0.414 e. The quantitative estimate of drug-likeness (QED) is 0.570. The van der Waals surface area contributed by atoms with Crippen molar-refractivity contribution >= 4 is 45.3 Å². The number of hydrogen-bond acceptors (Lipinski definition) is 7. The fourth-order valence-corrected chi connectivity index (χ4v) is 3.04. The van der Waals surface area contributed by atoms with E-state index < -0.39 is 23.9 Å². The lowest BCUT2D eigenvalue weighted by Crippen LogP contribution is -2.34. The average Bonchev–Trinajstić information content (AvgIpc) is 2.95. The number of fused-ring (bicyclic) bond motifs is 1. The number of aromatic nitrogens is 2. The Bertz CT molecular complexity index is 806. The van der Waals surface area contributed by atoms with Crippen molar-refractivity contribution in [3.8, 4) is 0 Å². The second kappa shape index (κ2) is 9.09. The van der Waals surface area contributed by atoms with E-state index in [1.165, 1.54) is 4.88 Å². The lowest BCUT2D eigenvalue weighted by Gasteiger charge is -2.19. The topological polar surface area (TPSA) is 150 Å². The van der Waals surface area contributed by atoms with Gasteiger partial charge in [-0.1, -0.05) is 20.8 Å². The van der Waals surface area contributed by atoms with E-state index in [-0.39, 0.29) is 5.92 Å². The minimum atomic E-state index is -1.82. The number of aryl methyl sites for hydroxylation is 2. The molecule has 0 saturated carbocycles. The van der Waals surface area contributed by atoms with Gasteiger partial charge in [-0.05, 0) is 25.3 Å². The van der Waals surface area contributed by atoms with Crippen molar-refractivity contribution in [2.24, 2.45) is 5.92 Å². The highest BCUT2D eigenvalue weighted by Crippen LogP contribution is 2.30. The van der Waals surface area contributed by atoms with E-state index in [1.54, 1.807) is 11.3 Å². The zero-order chi connectivity index (χ0) is 20.0. The number of carboxylic acid groups (broad SMARTS) is 3. The molecule has 0 radical (unpaired) electrons. The first-order chi connectivity index (χ1) is 12.1. The van der Waals surface area contributed by atoms with Gasteiger partial charge in [0.2, 0.25) is 0 Å². The Balaban J connectivity index is 0.000000487. The number of nitrogens with zero attached hydrogens (tertiary/aromatic N) is 2. The fraction of sp³-hybridized carbons (Fsp3) is 0.438. The largest absolute Gasteiger partial charge is 0.480 e. The number of carbonyl (C=O) groups is 3. The molecule has 0 amide bonds. The maximum atomic E-state index is 11.3. The van der Waals surface area contributed by atoms with Crippen LogP contribution in [0.4, 0.5) is 5.82 Å². The van der Waals surface area contributed by atoms with Crippen molar-refractivity contribution in [1.82, 2.24) is 9.97 Å². The molecule has 2 aromatic heterocycles. The van der Waals surface area contributed by atoms with E-state index in [4.69, 9.17) is 19.8 Å². The molecule has 0 aliphatic heterocycles. The molecule has 2 aromatic rings. The molecule has 0 saturated heterocycles. The van der Waals surface area contributed by atoms with Crippen LogP contribution in [0.2, 0.25) is 0 Å². The standard InChI is InChI=1S/C14H19N3O2S.C2H2O4/c1-5-9-6-10-12(15-8(4)16-13(10)20-9)17-11(7(2)3)14(18)19;3-1(4)2(5)6/h6-7,11H,5H2,1-4H3,(H,18,19)(H,15,16,17);(H,3,4)(H,5,6). The summed E-state index contributed by atoms with van der Waals surface area (Å²) in [6.45, 7) is 7.66. The minimum Gasteiger partial charge on any atom is -0.480 e. The SMILES string of the molecule is CCc1cc2c(NC(C(=O)O)C(C)C)nc(C)nc2s1.O=C(O)C(=O)O. The highest BCUT2D eigenvalue weighted by Gasteiger charge is 2.23. The Hall–Kier alpha value is -2.75. The number of rotatable bonds is 5. The lowest BCUT2D eigenvalue weighted by atomic mass is 10.0. The van der Waals surface area contributed by atoms with E-state index >= 15 is 0 Å². The van der Waals surface area contributed by atoms with Gasteiger partial charge in [0, 0.05) is 4.88 Å². The predicted octanol–water partition coefficient (Wildman–Crippen LogP) is 2.24. The zero-order valence-electron chi connectivity index (χ0n) is 14.8.